The molecule has 102 valence electrons. The molecule has 0 aliphatic carbocycles. The van der Waals surface area contributed by atoms with E-state index >= 15 is 0 Å². The number of nitrogens with two attached hydrogens (primary N) is 1. The van der Waals surface area contributed by atoms with E-state index in [1.54, 1.807) is 4.68 Å². The van der Waals surface area contributed by atoms with E-state index in [4.69, 9.17) is 5.73 Å². The molecule has 2 heterocycles. The van der Waals surface area contributed by atoms with Crippen LogP contribution in [0.1, 0.15) is 24.1 Å². The molecule has 3 rings (SSSR count). The number of nitrogens with one attached hydrogen (secondary N) is 1. The van der Waals surface area contributed by atoms with Gasteiger partial charge in [-0.15, -0.1) is 0 Å². The van der Waals surface area contributed by atoms with Gasteiger partial charge in [-0.05, 0) is 19.4 Å². The smallest absolute Gasteiger partial charge is 0.248 e. The van der Waals surface area contributed by atoms with Crippen LogP contribution in [-0.2, 0) is 4.79 Å². The van der Waals surface area contributed by atoms with Crippen LogP contribution < -0.4 is 11.1 Å². The number of carbonyl (C=O) groups excluding carboxylic acids is 1. The average molecular weight is 269 g/mol. The molecule has 0 radical (unpaired) electrons. The van der Waals surface area contributed by atoms with Gasteiger partial charge in [-0.1, -0.05) is 29.8 Å². The summed E-state index contributed by atoms with van der Waals surface area (Å²) in [5.41, 5.74) is 8.87. The SMILES string of the molecule is CC1=C(C(N)=O)C(c2ccc(C)cc2)n2ncnc2N1. The van der Waals surface area contributed by atoms with Gasteiger partial charge in [0.1, 0.15) is 12.4 Å². The molecule has 6 heteroatoms. The molecular formula is C14H15N5O. The highest BCUT2D eigenvalue weighted by Crippen LogP contribution is 2.34. The van der Waals surface area contributed by atoms with Crippen molar-refractivity contribution in [1.29, 1.82) is 0 Å². The number of fused-ring (bicyclic) bond motifs is 1. The summed E-state index contributed by atoms with van der Waals surface area (Å²) in [5.74, 6) is 0.153. The molecular weight excluding hydrogens is 254 g/mol. The maximum Gasteiger partial charge on any atom is 0.248 e. The first kappa shape index (κ1) is 12.4. The van der Waals surface area contributed by atoms with Crippen LogP contribution in [0.3, 0.4) is 0 Å². The Hall–Kier alpha value is -2.63. The van der Waals surface area contributed by atoms with E-state index in [-0.39, 0.29) is 6.04 Å². The summed E-state index contributed by atoms with van der Waals surface area (Å²) in [6.07, 6.45) is 1.46. The van der Waals surface area contributed by atoms with E-state index in [2.05, 4.69) is 15.4 Å². The van der Waals surface area contributed by atoms with Crippen LogP contribution in [0, 0.1) is 6.92 Å². The number of rotatable bonds is 2. The van der Waals surface area contributed by atoms with Crippen molar-refractivity contribution in [2.45, 2.75) is 19.9 Å². The lowest BCUT2D eigenvalue weighted by molar-refractivity contribution is -0.115. The lowest BCUT2D eigenvalue weighted by atomic mass is 9.95. The van der Waals surface area contributed by atoms with Gasteiger partial charge in [0.05, 0.1) is 5.57 Å². The van der Waals surface area contributed by atoms with Crippen molar-refractivity contribution in [2.24, 2.45) is 5.73 Å². The zero-order valence-corrected chi connectivity index (χ0v) is 11.3. The van der Waals surface area contributed by atoms with Crippen molar-refractivity contribution in [3.8, 4) is 0 Å². The third kappa shape index (κ3) is 1.85. The molecule has 0 fully saturated rings. The zero-order valence-electron chi connectivity index (χ0n) is 11.3. The normalized spacial score (nSPS) is 17.6. The van der Waals surface area contributed by atoms with Gasteiger partial charge in [0.2, 0.25) is 11.9 Å². The Morgan fingerprint density at radius 1 is 1.30 bits per heavy atom. The van der Waals surface area contributed by atoms with Crippen LogP contribution in [0.25, 0.3) is 0 Å². The predicted molar refractivity (Wildman–Crippen MR) is 74.9 cm³/mol. The van der Waals surface area contributed by atoms with Crippen molar-refractivity contribution < 1.29 is 4.79 Å². The number of aromatic nitrogens is 3. The van der Waals surface area contributed by atoms with E-state index in [9.17, 15) is 4.79 Å². The van der Waals surface area contributed by atoms with Crippen molar-refractivity contribution in [1.82, 2.24) is 14.8 Å². The number of nitrogens with zero attached hydrogens (tertiary/aromatic N) is 3. The zero-order chi connectivity index (χ0) is 14.3. The summed E-state index contributed by atoms with van der Waals surface area (Å²) < 4.78 is 1.68. The second-order valence-electron chi connectivity index (χ2n) is 4.87. The lowest BCUT2D eigenvalue weighted by Gasteiger charge is -2.27. The Bertz CT molecular complexity index is 699. The number of primary amides is 1. The molecule has 20 heavy (non-hydrogen) atoms. The molecule has 0 bridgehead atoms. The van der Waals surface area contributed by atoms with Gasteiger partial charge < -0.3 is 11.1 Å². The number of amides is 1. The molecule has 0 spiro atoms. The third-order valence-electron chi connectivity index (χ3n) is 3.45. The summed E-state index contributed by atoms with van der Waals surface area (Å²) in [4.78, 5) is 16.0. The Labute approximate surface area is 116 Å². The Morgan fingerprint density at radius 3 is 2.65 bits per heavy atom. The molecule has 2 aromatic rings. The Kier molecular flexibility index (Phi) is 2.78. The van der Waals surface area contributed by atoms with E-state index in [0.717, 1.165) is 11.1 Å². The monoisotopic (exact) mass is 269 g/mol. The van der Waals surface area contributed by atoms with Gasteiger partial charge in [-0.3, -0.25) is 4.79 Å². The van der Waals surface area contributed by atoms with E-state index in [1.807, 2.05) is 38.1 Å². The summed E-state index contributed by atoms with van der Waals surface area (Å²) in [6.45, 7) is 3.84. The van der Waals surface area contributed by atoms with E-state index in [0.29, 0.717) is 17.2 Å². The molecule has 1 aromatic heterocycles. The first-order chi connectivity index (χ1) is 9.58. The van der Waals surface area contributed by atoms with Gasteiger partial charge in [0, 0.05) is 5.70 Å². The summed E-state index contributed by atoms with van der Waals surface area (Å²) in [6, 6.07) is 7.62. The van der Waals surface area contributed by atoms with E-state index in [1.165, 1.54) is 6.33 Å². The minimum atomic E-state index is -0.457. The quantitative estimate of drug-likeness (QED) is 0.862. The first-order valence-electron chi connectivity index (χ1n) is 6.31. The van der Waals surface area contributed by atoms with Crippen LogP contribution in [0.4, 0.5) is 5.95 Å². The minimum absolute atomic E-state index is 0.341. The highest BCUT2D eigenvalue weighted by molar-refractivity contribution is 5.95. The number of aryl methyl sites for hydroxylation is 1. The van der Waals surface area contributed by atoms with Crippen LogP contribution >= 0.6 is 0 Å². The van der Waals surface area contributed by atoms with Gasteiger partial charge in [0.15, 0.2) is 0 Å². The van der Waals surface area contributed by atoms with Crippen LogP contribution in [0.15, 0.2) is 41.9 Å². The second kappa shape index (κ2) is 4.48. The predicted octanol–water partition coefficient (Wildman–Crippen LogP) is 1.36. The maximum atomic E-state index is 11.8. The fraction of sp³-hybridized carbons (Fsp3) is 0.214. The Balaban J connectivity index is 2.19. The number of hydrogen-bond acceptors (Lipinski definition) is 4. The number of allylic oxidation sites excluding steroid dienone is 1. The van der Waals surface area contributed by atoms with Crippen LogP contribution in [0.2, 0.25) is 0 Å². The number of carbonyl (C=O) groups is 1. The topological polar surface area (TPSA) is 85.8 Å². The second-order valence-corrected chi connectivity index (χ2v) is 4.87. The maximum absolute atomic E-state index is 11.8. The number of hydrogen-bond donors (Lipinski definition) is 2. The number of benzene rings is 1. The van der Waals surface area contributed by atoms with Crippen molar-refractivity contribution in [2.75, 3.05) is 5.32 Å². The molecule has 1 aromatic carbocycles. The van der Waals surface area contributed by atoms with E-state index < -0.39 is 5.91 Å². The molecule has 6 nitrogen and oxygen atoms in total. The molecule has 1 amide bonds. The fourth-order valence-corrected chi connectivity index (χ4v) is 2.47. The highest BCUT2D eigenvalue weighted by Gasteiger charge is 2.31. The molecule has 0 saturated heterocycles. The van der Waals surface area contributed by atoms with Gasteiger partial charge in [0.25, 0.3) is 0 Å². The largest absolute Gasteiger partial charge is 0.366 e. The van der Waals surface area contributed by atoms with Crippen molar-refractivity contribution >= 4 is 11.9 Å². The summed E-state index contributed by atoms with van der Waals surface area (Å²) >= 11 is 0. The molecule has 3 N–H and O–H groups in total. The van der Waals surface area contributed by atoms with Gasteiger partial charge in [-0.25, -0.2) is 4.68 Å². The van der Waals surface area contributed by atoms with Gasteiger partial charge >= 0.3 is 0 Å². The molecule has 1 aliphatic heterocycles. The lowest BCUT2D eigenvalue weighted by Crippen LogP contribution is -2.31. The Morgan fingerprint density at radius 2 is 2.00 bits per heavy atom. The first-order valence-corrected chi connectivity index (χ1v) is 6.31. The fourth-order valence-electron chi connectivity index (χ4n) is 2.47. The highest BCUT2D eigenvalue weighted by atomic mass is 16.1. The standard InChI is InChI=1S/C14H15N5O/c1-8-3-5-10(6-4-8)12-11(13(15)20)9(2)18-14-16-7-17-19(12)14/h3-7,12H,1-2H3,(H2,15,20)(H,16,17,18). The van der Waals surface area contributed by atoms with Crippen molar-refractivity contribution in [3.63, 3.8) is 0 Å². The van der Waals surface area contributed by atoms with Crippen LogP contribution in [-0.4, -0.2) is 20.7 Å². The average Bonchev–Trinajstić information content (AvgIpc) is 2.85. The molecule has 1 atom stereocenters. The number of anilines is 1. The summed E-state index contributed by atoms with van der Waals surface area (Å²) in [7, 11) is 0. The van der Waals surface area contributed by atoms with Crippen LogP contribution in [0.5, 0.6) is 0 Å². The third-order valence-corrected chi connectivity index (χ3v) is 3.45. The molecule has 1 unspecified atom stereocenters. The summed E-state index contributed by atoms with van der Waals surface area (Å²) in [5, 5.41) is 7.26. The minimum Gasteiger partial charge on any atom is -0.366 e. The molecule has 1 aliphatic rings. The molecule has 0 saturated carbocycles. The van der Waals surface area contributed by atoms with Crippen molar-refractivity contribution in [3.05, 3.63) is 53.0 Å². The van der Waals surface area contributed by atoms with Gasteiger partial charge in [-0.2, -0.15) is 10.1 Å².